The van der Waals surface area contributed by atoms with Crippen LogP contribution in [-0.4, -0.2) is 11.1 Å². The quantitative estimate of drug-likeness (QED) is 0.876. The maximum Gasteiger partial charge on any atom is 0.127 e. The Morgan fingerprint density at radius 1 is 1.33 bits per heavy atom. The van der Waals surface area contributed by atoms with Crippen molar-refractivity contribution in [3.8, 4) is 5.75 Å². The van der Waals surface area contributed by atoms with Crippen LogP contribution in [0.5, 0.6) is 5.75 Å². The van der Waals surface area contributed by atoms with E-state index in [0.29, 0.717) is 0 Å². The normalized spacial score (nSPS) is 17.4. The van der Waals surface area contributed by atoms with Crippen molar-refractivity contribution in [3.05, 3.63) is 29.3 Å². The molecule has 0 fully saturated rings. The molecule has 2 nitrogen and oxygen atoms in total. The SMILES string of the molecule is CCC(C)(C)NCc1cccc2c1OC(C)(C)C2. The van der Waals surface area contributed by atoms with Crippen molar-refractivity contribution in [2.45, 2.75) is 65.1 Å². The molecule has 0 saturated heterocycles. The lowest BCUT2D eigenvalue weighted by Gasteiger charge is -2.25. The van der Waals surface area contributed by atoms with Crippen molar-refractivity contribution < 1.29 is 4.74 Å². The Kier molecular flexibility index (Phi) is 3.41. The van der Waals surface area contributed by atoms with Crippen molar-refractivity contribution >= 4 is 0 Å². The second-order valence-electron chi connectivity index (χ2n) is 6.53. The van der Waals surface area contributed by atoms with Crippen LogP contribution in [0.25, 0.3) is 0 Å². The zero-order valence-corrected chi connectivity index (χ0v) is 12.3. The monoisotopic (exact) mass is 247 g/mol. The van der Waals surface area contributed by atoms with Crippen LogP contribution in [0.3, 0.4) is 0 Å². The van der Waals surface area contributed by atoms with Gasteiger partial charge < -0.3 is 10.1 Å². The molecule has 1 N–H and O–H groups in total. The fraction of sp³-hybridized carbons (Fsp3) is 0.625. The first-order chi connectivity index (χ1) is 8.33. The number of nitrogens with one attached hydrogen (secondary N) is 1. The van der Waals surface area contributed by atoms with Gasteiger partial charge >= 0.3 is 0 Å². The molecule has 1 aromatic rings. The maximum absolute atomic E-state index is 6.08. The first-order valence-corrected chi connectivity index (χ1v) is 6.88. The van der Waals surface area contributed by atoms with Gasteiger partial charge in [0.05, 0.1) is 0 Å². The summed E-state index contributed by atoms with van der Waals surface area (Å²) >= 11 is 0. The van der Waals surface area contributed by atoms with Crippen LogP contribution in [0, 0.1) is 0 Å². The van der Waals surface area contributed by atoms with Crippen molar-refractivity contribution in [1.29, 1.82) is 0 Å². The predicted molar refractivity (Wildman–Crippen MR) is 76.1 cm³/mol. The van der Waals surface area contributed by atoms with E-state index in [-0.39, 0.29) is 11.1 Å². The highest BCUT2D eigenvalue weighted by Crippen LogP contribution is 2.37. The van der Waals surface area contributed by atoms with Gasteiger partial charge in [0, 0.05) is 24.1 Å². The van der Waals surface area contributed by atoms with Crippen molar-refractivity contribution in [1.82, 2.24) is 5.32 Å². The molecular formula is C16H25NO. The number of hydrogen-bond donors (Lipinski definition) is 1. The molecule has 0 radical (unpaired) electrons. The van der Waals surface area contributed by atoms with Crippen molar-refractivity contribution in [3.63, 3.8) is 0 Å². The zero-order valence-electron chi connectivity index (χ0n) is 12.3. The van der Waals surface area contributed by atoms with Gasteiger partial charge in [0.25, 0.3) is 0 Å². The number of ether oxygens (including phenoxy) is 1. The third-order valence-electron chi connectivity index (χ3n) is 3.81. The molecule has 1 aliphatic heterocycles. The second kappa shape index (κ2) is 4.58. The highest BCUT2D eigenvalue weighted by Gasteiger charge is 2.31. The minimum absolute atomic E-state index is 0.0568. The summed E-state index contributed by atoms with van der Waals surface area (Å²) in [7, 11) is 0. The molecule has 0 atom stereocenters. The Balaban J connectivity index is 2.15. The van der Waals surface area contributed by atoms with Crippen LogP contribution in [0.2, 0.25) is 0 Å². The number of hydrogen-bond acceptors (Lipinski definition) is 2. The largest absolute Gasteiger partial charge is 0.487 e. The van der Waals surface area contributed by atoms with Crippen LogP contribution in [0.4, 0.5) is 0 Å². The first-order valence-electron chi connectivity index (χ1n) is 6.88. The summed E-state index contributed by atoms with van der Waals surface area (Å²) in [6.07, 6.45) is 2.13. The van der Waals surface area contributed by atoms with E-state index in [1.54, 1.807) is 0 Å². The Morgan fingerprint density at radius 3 is 2.72 bits per heavy atom. The first kappa shape index (κ1) is 13.4. The van der Waals surface area contributed by atoms with Gasteiger partial charge in [0.1, 0.15) is 11.4 Å². The predicted octanol–water partition coefficient (Wildman–Crippen LogP) is 3.68. The second-order valence-corrected chi connectivity index (χ2v) is 6.53. The minimum atomic E-state index is -0.0568. The van der Waals surface area contributed by atoms with Gasteiger partial charge in [0.2, 0.25) is 0 Å². The van der Waals surface area contributed by atoms with Crippen molar-refractivity contribution in [2.75, 3.05) is 0 Å². The van der Waals surface area contributed by atoms with Crippen LogP contribution >= 0.6 is 0 Å². The van der Waals surface area contributed by atoms with E-state index in [4.69, 9.17) is 4.74 Å². The molecule has 0 aromatic heterocycles. The zero-order chi connectivity index (χ0) is 13.4. The average molecular weight is 247 g/mol. The molecule has 0 bridgehead atoms. The topological polar surface area (TPSA) is 21.3 Å². The number of para-hydroxylation sites is 1. The lowest BCUT2D eigenvalue weighted by molar-refractivity contribution is 0.137. The number of fused-ring (bicyclic) bond motifs is 1. The summed E-state index contributed by atoms with van der Waals surface area (Å²) < 4.78 is 6.08. The summed E-state index contributed by atoms with van der Waals surface area (Å²) in [5.74, 6) is 1.10. The molecule has 1 heterocycles. The van der Waals surface area contributed by atoms with E-state index in [1.165, 1.54) is 11.1 Å². The van der Waals surface area contributed by atoms with E-state index < -0.39 is 0 Å². The molecule has 1 aliphatic rings. The molecule has 2 rings (SSSR count). The summed E-state index contributed by atoms with van der Waals surface area (Å²) in [4.78, 5) is 0. The van der Waals surface area contributed by atoms with Gasteiger partial charge in [-0.2, -0.15) is 0 Å². The lowest BCUT2D eigenvalue weighted by Crippen LogP contribution is -2.37. The highest BCUT2D eigenvalue weighted by molar-refractivity contribution is 5.45. The van der Waals surface area contributed by atoms with Gasteiger partial charge in [-0.05, 0) is 39.7 Å². The van der Waals surface area contributed by atoms with E-state index in [0.717, 1.165) is 25.1 Å². The van der Waals surface area contributed by atoms with Gasteiger partial charge in [-0.3, -0.25) is 0 Å². The van der Waals surface area contributed by atoms with E-state index in [2.05, 4.69) is 58.1 Å². The summed E-state index contributed by atoms with van der Waals surface area (Å²) in [6.45, 7) is 11.9. The van der Waals surface area contributed by atoms with Crippen LogP contribution < -0.4 is 10.1 Å². The smallest absolute Gasteiger partial charge is 0.127 e. The Bertz CT molecular complexity index is 435. The van der Waals surface area contributed by atoms with E-state index in [1.807, 2.05) is 0 Å². The standard InChI is InChI=1S/C16H25NO/c1-6-15(2,3)17-11-13-9-7-8-12-10-16(4,5)18-14(12)13/h7-9,17H,6,10-11H2,1-5H3. The average Bonchev–Trinajstić information content (AvgIpc) is 2.60. The molecular weight excluding hydrogens is 222 g/mol. The molecule has 18 heavy (non-hydrogen) atoms. The van der Waals surface area contributed by atoms with Crippen LogP contribution in [0.15, 0.2) is 18.2 Å². The molecule has 0 aliphatic carbocycles. The maximum atomic E-state index is 6.08. The lowest BCUT2D eigenvalue weighted by atomic mass is 9.99. The minimum Gasteiger partial charge on any atom is -0.487 e. The van der Waals surface area contributed by atoms with Gasteiger partial charge in [-0.1, -0.05) is 25.1 Å². The number of benzene rings is 1. The third-order valence-corrected chi connectivity index (χ3v) is 3.81. The van der Waals surface area contributed by atoms with E-state index >= 15 is 0 Å². The van der Waals surface area contributed by atoms with Crippen LogP contribution in [0.1, 0.15) is 52.2 Å². The molecule has 2 heteroatoms. The highest BCUT2D eigenvalue weighted by atomic mass is 16.5. The molecule has 1 aromatic carbocycles. The Hall–Kier alpha value is -1.02. The van der Waals surface area contributed by atoms with Crippen LogP contribution in [-0.2, 0) is 13.0 Å². The van der Waals surface area contributed by atoms with Gasteiger partial charge in [-0.25, -0.2) is 0 Å². The summed E-state index contributed by atoms with van der Waals surface area (Å²) in [6, 6.07) is 6.48. The molecule has 100 valence electrons. The van der Waals surface area contributed by atoms with Gasteiger partial charge in [0.15, 0.2) is 0 Å². The Morgan fingerprint density at radius 2 is 2.06 bits per heavy atom. The summed E-state index contributed by atoms with van der Waals surface area (Å²) in [5, 5.41) is 3.60. The molecule has 0 amide bonds. The number of rotatable bonds is 4. The third kappa shape index (κ3) is 2.86. The summed E-state index contributed by atoms with van der Waals surface area (Å²) in [5.41, 5.74) is 2.74. The van der Waals surface area contributed by atoms with E-state index in [9.17, 15) is 0 Å². The molecule has 0 saturated carbocycles. The van der Waals surface area contributed by atoms with Gasteiger partial charge in [-0.15, -0.1) is 0 Å². The van der Waals surface area contributed by atoms with Crippen molar-refractivity contribution in [2.24, 2.45) is 0 Å². The fourth-order valence-corrected chi connectivity index (χ4v) is 2.28. The Labute approximate surface area is 111 Å². The molecule has 0 unspecified atom stereocenters. The molecule has 0 spiro atoms. The fourth-order valence-electron chi connectivity index (χ4n) is 2.28.